The summed E-state index contributed by atoms with van der Waals surface area (Å²) in [5.41, 5.74) is -2.20. The number of hydrogen-bond acceptors (Lipinski definition) is 9. The third kappa shape index (κ3) is 12.9. The van der Waals surface area contributed by atoms with Crippen molar-refractivity contribution in [2.75, 3.05) is 40.4 Å². The molecule has 63 heavy (non-hydrogen) atoms. The van der Waals surface area contributed by atoms with Gasteiger partial charge in [-0.05, 0) is 51.0 Å². The van der Waals surface area contributed by atoms with E-state index in [0.29, 0.717) is 56.2 Å². The van der Waals surface area contributed by atoms with Gasteiger partial charge in [-0.1, -0.05) is 47.5 Å². The van der Waals surface area contributed by atoms with Crippen LogP contribution >= 0.6 is 0 Å². The van der Waals surface area contributed by atoms with Crippen LogP contribution < -0.4 is 9.47 Å². The fraction of sp³-hybridized carbons (Fsp3) is 0.511. The highest BCUT2D eigenvalue weighted by molar-refractivity contribution is 6.00. The van der Waals surface area contributed by atoms with Gasteiger partial charge in [-0.25, -0.2) is 28.7 Å². The number of benzene rings is 2. The van der Waals surface area contributed by atoms with Gasteiger partial charge in [0.25, 0.3) is 5.91 Å². The third-order valence-electron chi connectivity index (χ3n) is 10.3. The average molecular weight is 895 g/mol. The van der Waals surface area contributed by atoms with E-state index >= 15 is 0 Å². The summed E-state index contributed by atoms with van der Waals surface area (Å²) in [5.74, 6) is -1.48. The van der Waals surface area contributed by atoms with Crippen LogP contribution in [-0.2, 0) is 38.0 Å². The Labute approximate surface area is 362 Å². The third-order valence-corrected chi connectivity index (χ3v) is 10.3. The number of Topliss-reactive ketones (excluding diaryl/α,β-unsaturated/α-hetero) is 1. The predicted molar refractivity (Wildman–Crippen MR) is 220 cm³/mol. The van der Waals surface area contributed by atoms with Gasteiger partial charge in [-0.15, -0.1) is 0 Å². The first-order chi connectivity index (χ1) is 29.4. The SMILES string of the molecule is CCCc1nc(Cc2cc(F)c(C(=O)C(C)(C)C)cc2OC)ncc1C(F)(F)F.CCCc1nc(Cc2cc(F)c(C(=O)N3CCN(C(C)C)CC3)cc2OC)ncc1C(F)(F)F. The molecule has 0 aliphatic carbocycles. The average Bonchev–Trinajstić information content (AvgIpc) is 3.20. The number of ether oxygens (including phenoxy) is 2. The molecule has 10 nitrogen and oxygen atoms in total. The molecule has 1 amide bonds. The van der Waals surface area contributed by atoms with Crippen molar-refractivity contribution >= 4 is 11.7 Å². The van der Waals surface area contributed by atoms with Gasteiger partial charge < -0.3 is 14.4 Å². The second-order valence-electron chi connectivity index (χ2n) is 16.4. The van der Waals surface area contributed by atoms with Crippen LogP contribution in [0.15, 0.2) is 36.7 Å². The smallest absolute Gasteiger partial charge is 0.419 e. The van der Waals surface area contributed by atoms with E-state index in [4.69, 9.17) is 9.47 Å². The molecule has 0 saturated carbocycles. The number of aryl methyl sites for hydroxylation is 2. The molecule has 1 fully saturated rings. The van der Waals surface area contributed by atoms with Gasteiger partial charge in [-0.3, -0.25) is 14.5 Å². The molecule has 2 aromatic heterocycles. The summed E-state index contributed by atoms with van der Waals surface area (Å²) in [6.45, 7) is 15.2. The zero-order chi connectivity index (χ0) is 47.0. The highest BCUT2D eigenvalue weighted by Gasteiger charge is 2.36. The highest BCUT2D eigenvalue weighted by Crippen LogP contribution is 2.34. The fourth-order valence-electron chi connectivity index (χ4n) is 6.96. The molecule has 0 bridgehead atoms. The lowest BCUT2D eigenvalue weighted by atomic mass is 9.85. The molecule has 4 aromatic rings. The van der Waals surface area contributed by atoms with E-state index in [9.17, 15) is 44.7 Å². The van der Waals surface area contributed by atoms with Crippen molar-refractivity contribution in [3.05, 3.63) is 105 Å². The molecular formula is C45H54F8N6O4. The van der Waals surface area contributed by atoms with Crippen LogP contribution in [0.3, 0.4) is 0 Å². The molecule has 0 atom stereocenters. The molecule has 2 aromatic carbocycles. The molecule has 3 heterocycles. The van der Waals surface area contributed by atoms with Crippen LogP contribution in [0.25, 0.3) is 0 Å². The Hall–Kier alpha value is -5.26. The monoisotopic (exact) mass is 894 g/mol. The molecule has 1 aliphatic heterocycles. The van der Waals surface area contributed by atoms with Crippen LogP contribution in [0.4, 0.5) is 35.1 Å². The lowest BCUT2D eigenvalue weighted by Crippen LogP contribution is -2.50. The van der Waals surface area contributed by atoms with E-state index in [1.807, 2.05) is 0 Å². The van der Waals surface area contributed by atoms with Gasteiger partial charge in [0, 0.05) is 74.0 Å². The number of alkyl halides is 6. The number of ketones is 1. The maximum Gasteiger partial charge on any atom is 0.419 e. The Morgan fingerprint density at radius 3 is 1.46 bits per heavy atom. The van der Waals surface area contributed by atoms with Crippen LogP contribution in [0.5, 0.6) is 11.5 Å². The van der Waals surface area contributed by atoms with Crippen molar-refractivity contribution in [1.29, 1.82) is 0 Å². The van der Waals surface area contributed by atoms with E-state index in [0.717, 1.165) is 18.5 Å². The van der Waals surface area contributed by atoms with Crippen molar-refractivity contribution in [1.82, 2.24) is 29.7 Å². The predicted octanol–water partition coefficient (Wildman–Crippen LogP) is 9.77. The van der Waals surface area contributed by atoms with E-state index in [1.165, 1.54) is 32.4 Å². The first-order valence-corrected chi connectivity index (χ1v) is 20.6. The lowest BCUT2D eigenvalue weighted by molar-refractivity contribution is -0.139. The minimum absolute atomic E-state index is 0.0288. The van der Waals surface area contributed by atoms with E-state index < -0.39 is 46.4 Å². The normalized spacial score (nSPS) is 13.8. The summed E-state index contributed by atoms with van der Waals surface area (Å²) in [5, 5.41) is 0. The standard InChI is InChI=1S/C24H30F4N4O2.C21H24F4N2O2/c1-5-6-20-18(24(26,27)28)14-29-22(30-20)12-16-11-19(25)17(13-21(16)34-4)23(33)32-9-7-31(8-10-32)15(2)3;1-6-7-16-14(21(23,24)25)11-26-18(27-16)9-12-8-15(22)13(10-17(12)29-5)19(28)20(2,3)4/h11,13-15H,5-10,12H2,1-4H3;8,10-11H,6-7,9H2,1-5H3. The first-order valence-electron chi connectivity index (χ1n) is 20.6. The van der Waals surface area contributed by atoms with Crippen LogP contribution in [0, 0.1) is 17.0 Å². The lowest BCUT2D eigenvalue weighted by Gasteiger charge is -2.37. The Morgan fingerprint density at radius 2 is 1.10 bits per heavy atom. The summed E-state index contributed by atoms with van der Waals surface area (Å²) in [6, 6.07) is 5.36. The number of nitrogens with zero attached hydrogens (tertiary/aromatic N) is 6. The van der Waals surface area contributed by atoms with Gasteiger partial charge in [-0.2, -0.15) is 26.3 Å². The largest absolute Gasteiger partial charge is 0.496 e. The number of aromatic nitrogens is 4. The molecule has 18 heteroatoms. The minimum atomic E-state index is -4.55. The fourth-order valence-corrected chi connectivity index (χ4v) is 6.96. The quantitative estimate of drug-likeness (QED) is 0.0957. The van der Waals surface area contributed by atoms with Crippen molar-refractivity contribution in [3.8, 4) is 11.5 Å². The van der Waals surface area contributed by atoms with Crippen LogP contribution in [0.2, 0.25) is 0 Å². The number of hydrogen-bond donors (Lipinski definition) is 0. The number of methoxy groups -OCH3 is 2. The summed E-state index contributed by atoms with van der Waals surface area (Å²) >= 11 is 0. The molecule has 1 saturated heterocycles. The van der Waals surface area contributed by atoms with Gasteiger partial charge in [0.2, 0.25) is 0 Å². The van der Waals surface area contributed by atoms with E-state index in [-0.39, 0.29) is 77.1 Å². The number of rotatable bonds is 13. The van der Waals surface area contributed by atoms with Crippen LogP contribution in [-0.4, -0.2) is 87.9 Å². The first kappa shape index (κ1) is 50.4. The van der Waals surface area contributed by atoms with Crippen molar-refractivity contribution in [2.45, 2.75) is 105 Å². The molecule has 0 N–H and O–H groups in total. The van der Waals surface area contributed by atoms with Crippen molar-refractivity contribution in [2.24, 2.45) is 5.41 Å². The van der Waals surface area contributed by atoms with Gasteiger partial charge in [0.05, 0.1) is 47.9 Å². The minimum Gasteiger partial charge on any atom is -0.496 e. The zero-order valence-electron chi connectivity index (χ0n) is 37.0. The van der Waals surface area contributed by atoms with Crippen LogP contribution in [0.1, 0.15) is 127 Å². The molecule has 0 unspecified atom stereocenters. The summed E-state index contributed by atoms with van der Waals surface area (Å²) in [6.07, 6.45) is -6.35. The van der Waals surface area contributed by atoms with Gasteiger partial charge >= 0.3 is 12.4 Å². The Bertz CT molecular complexity index is 2230. The van der Waals surface area contributed by atoms with E-state index in [1.54, 1.807) is 39.5 Å². The molecule has 344 valence electrons. The number of piperazine rings is 1. The van der Waals surface area contributed by atoms with Gasteiger partial charge in [0.1, 0.15) is 34.8 Å². The van der Waals surface area contributed by atoms with Gasteiger partial charge in [0.15, 0.2) is 5.78 Å². The molecule has 1 aliphatic rings. The van der Waals surface area contributed by atoms with Crippen molar-refractivity contribution in [3.63, 3.8) is 0 Å². The highest BCUT2D eigenvalue weighted by atomic mass is 19.4. The molecule has 5 rings (SSSR count). The number of carbonyl (C=O) groups excluding carboxylic acids is 2. The summed E-state index contributed by atoms with van der Waals surface area (Å²) in [4.78, 5) is 45.1. The Kier molecular flexibility index (Phi) is 16.8. The summed E-state index contributed by atoms with van der Waals surface area (Å²) < 4.78 is 119. The van der Waals surface area contributed by atoms with Crippen molar-refractivity contribution < 1.29 is 54.2 Å². The molecule has 0 spiro atoms. The second kappa shape index (κ2) is 20.9. The number of amides is 1. The number of carbonyl (C=O) groups is 2. The Balaban J connectivity index is 0.000000280. The van der Waals surface area contributed by atoms with E-state index in [2.05, 4.69) is 38.7 Å². The molecular weight excluding hydrogens is 841 g/mol. The Morgan fingerprint density at radius 1 is 0.683 bits per heavy atom. The maximum absolute atomic E-state index is 15.0. The zero-order valence-corrected chi connectivity index (χ0v) is 37.0. The topological polar surface area (TPSA) is 111 Å². The molecule has 0 radical (unpaired) electrons. The number of halogens is 8. The maximum atomic E-state index is 15.0. The summed E-state index contributed by atoms with van der Waals surface area (Å²) in [7, 11) is 2.76. The second-order valence-corrected chi connectivity index (χ2v) is 16.4.